The average Bonchev–Trinajstić information content (AvgIpc) is 3.15. The van der Waals surface area contributed by atoms with Crippen molar-refractivity contribution in [2.45, 2.75) is 58.9 Å². The van der Waals surface area contributed by atoms with E-state index in [9.17, 15) is 14.4 Å². The molecule has 0 aliphatic heterocycles. The molecular formula is C15H26N2O4. The molecule has 0 spiro atoms. The van der Waals surface area contributed by atoms with E-state index in [1.165, 1.54) is 0 Å². The topological polar surface area (TPSA) is 95.5 Å². The maximum atomic E-state index is 11.8. The van der Waals surface area contributed by atoms with Crippen molar-refractivity contribution < 1.29 is 19.5 Å². The molecule has 0 bridgehead atoms. The summed E-state index contributed by atoms with van der Waals surface area (Å²) < 4.78 is 0. The van der Waals surface area contributed by atoms with Crippen LogP contribution in [0.25, 0.3) is 0 Å². The molecule has 120 valence electrons. The highest BCUT2D eigenvalue weighted by Gasteiger charge is 2.33. The van der Waals surface area contributed by atoms with Crippen LogP contribution in [0.4, 0.5) is 0 Å². The standard InChI is InChI=1S/C15H26N2O4/c1-15(2,3)14(21)16-8-4-5-12(18)17-11(9-13(19)20)10-6-7-10/h10-11H,4-9H2,1-3H3,(H,16,21)(H,17,18)(H,19,20). The Morgan fingerprint density at radius 2 is 1.86 bits per heavy atom. The Bertz CT molecular complexity index is 397. The second kappa shape index (κ2) is 7.43. The van der Waals surface area contributed by atoms with Gasteiger partial charge in [-0.1, -0.05) is 20.8 Å². The molecule has 0 radical (unpaired) electrons. The van der Waals surface area contributed by atoms with Gasteiger partial charge in [0, 0.05) is 24.4 Å². The van der Waals surface area contributed by atoms with Crippen molar-refractivity contribution >= 4 is 17.8 Å². The minimum atomic E-state index is -0.885. The maximum absolute atomic E-state index is 11.8. The summed E-state index contributed by atoms with van der Waals surface area (Å²) >= 11 is 0. The van der Waals surface area contributed by atoms with Crippen molar-refractivity contribution in [2.75, 3.05) is 6.54 Å². The van der Waals surface area contributed by atoms with Crippen molar-refractivity contribution in [3.8, 4) is 0 Å². The second-order valence-electron chi connectivity index (χ2n) is 6.72. The second-order valence-corrected chi connectivity index (χ2v) is 6.72. The first-order chi connectivity index (χ1) is 9.70. The van der Waals surface area contributed by atoms with E-state index in [-0.39, 0.29) is 24.3 Å². The van der Waals surface area contributed by atoms with Gasteiger partial charge in [-0.05, 0) is 25.2 Å². The molecule has 21 heavy (non-hydrogen) atoms. The third-order valence-electron chi connectivity index (χ3n) is 3.48. The summed E-state index contributed by atoms with van der Waals surface area (Å²) in [5.74, 6) is -0.752. The zero-order valence-corrected chi connectivity index (χ0v) is 13.1. The van der Waals surface area contributed by atoms with Crippen LogP contribution in [0.5, 0.6) is 0 Å². The van der Waals surface area contributed by atoms with E-state index in [4.69, 9.17) is 5.11 Å². The fourth-order valence-corrected chi connectivity index (χ4v) is 2.02. The number of carboxylic acids is 1. The lowest BCUT2D eigenvalue weighted by Gasteiger charge is -2.18. The first-order valence-electron chi connectivity index (χ1n) is 7.49. The summed E-state index contributed by atoms with van der Waals surface area (Å²) in [5, 5.41) is 14.4. The van der Waals surface area contributed by atoms with Crippen molar-refractivity contribution in [2.24, 2.45) is 11.3 Å². The molecule has 0 saturated heterocycles. The molecule has 1 atom stereocenters. The van der Waals surface area contributed by atoms with Crippen LogP contribution in [-0.2, 0) is 14.4 Å². The lowest BCUT2D eigenvalue weighted by molar-refractivity contribution is -0.138. The zero-order chi connectivity index (χ0) is 16.0. The summed E-state index contributed by atoms with van der Waals surface area (Å²) in [7, 11) is 0. The van der Waals surface area contributed by atoms with Gasteiger partial charge in [-0.3, -0.25) is 14.4 Å². The van der Waals surface area contributed by atoms with Crippen LogP contribution in [0.1, 0.15) is 52.9 Å². The Morgan fingerprint density at radius 1 is 1.24 bits per heavy atom. The van der Waals surface area contributed by atoms with E-state index < -0.39 is 11.4 Å². The summed E-state index contributed by atoms with van der Waals surface area (Å²) in [5.41, 5.74) is -0.430. The number of hydrogen-bond acceptors (Lipinski definition) is 3. The highest BCUT2D eigenvalue weighted by molar-refractivity contribution is 5.81. The predicted molar refractivity (Wildman–Crippen MR) is 78.6 cm³/mol. The number of carbonyl (C=O) groups is 3. The smallest absolute Gasteiger partial charge is 0.305 e. The first-order valence-corrected chi connectivity index (χ1v) is 7.49. The molecular weight excluding hydrogens is 272 g/mol. The molecule has 1 unspecified atom stereocenters. The Morgan fingerprint density at radius 3 is 2.33 bits per heavy atom. The van der Waals surface area contributed by atoms with E-state index in [2.05, 4.69) is 10.6 Å². The summed E-state index contributed by atoms with van der Waals surface area (Å²) in [4.78, 5) is 34.2. The van der Waals surface area contributed by atoms with Crippen LogP contribution in [0.3, 0.4) is 0 Å². The van der Waals surface area contributed by atoms with Gasteiger partial charge in [0.15, 0.2) is 0 Å². The number of amides is 2. The molecule has 0 heterocycles. The first kappa shape index (κ1) is 17.5. The van der Waals surface area contributed by atoms with Crippen LogP contribution in [0, 0.1) is 11.3 Å². The van der Waals surface area contributed by atoms with Crippen LogP contribution in [0.2, 0.25) is 0 Å². The van der Waals surface area contributed by atoms with Gasteiger partial charge in [0.2, 0.25) is 11.8 Å². The van der Waals surface area contributed by atoms with E-state index in [0.29, 0.717) is 25.3 Å². The Kier molecular flexibility index (Phi) is 6.18. The number of carbonyl (C=O) groups excluding carboxylic acids is 2. The number of aliphatic carboxylic acids is 1. The number of rotatable bonds is 8. The predicted octanol–water partition coefficient (Wildman–Crippen LogP) is 1.30. The van der Waals surface area contributed by atoms with Crippen LogP contribution in [-0.4, -0.2) is 35.5 Å². The van der Waals surface area contributed by atoms with Crippen molar-refractivity contribution in [3.05, 3.63) is 0 Å². The van der Waals surface area contributed by atoms with Gasteiger partial charge in [0.25, 0.3) is 0 Å². The fraction of sp³-hybridized carbons (Fsp3) is 0.800. The number of nitrogens with one attached hydrogen (secondary N) is 2. The molecule has 3 N–H and O–H groups in total. The molecule has 6 heteroatoms. The Hall–Kier alpha value is -1.59. The lowest BCUT2D eigenvalue weighted by atomic mass is 9.96. The molecule has 6 nitrogen and oxygen atoms in total. The quantitative estimate of drug-likeness (QED) is 0.589. The van der Waals surface area contributed by atoms with Gasteiger partial charge in [-0.15, -0.1) is 0 Å². The molecule has 0 aromatic carbocycles. The monoisotopic (exact) mass is 298 g/mol. The van der Waals surface area contributed by atoms with Crippen molar-refractivity contribution in [1.29, 1.82) is 0 Å². The highest BCUT2D eigenvalue weighted by Crippen LogP contribution is 2.34. The molecule has 2 amide bonds. The molecule has 0 aromatic heterocycles. The SMILES string of the molecule is CC(C)(C)C(=O)NCCCC(=O)NC(CC(=O)O)C1CC1. The van der Waals surface area contributed by atoms with Gasteiger partial charge >= 0.3 is 5.97 Å². The highest BCUT2D eigenvalue weighted by atomic mass is 16.4. The van der Waals surface area contributed by atoms with Gasteiger partial charge in [-0.25, -0.2) is 0 Å². The van der Waals surface area contributed by atoms with Gasteiger partial charge in [0.05, 0.1) is 6.42 Å². The molecule has 1 rings (SSSR count). The Balaban J connectivity index is 2.21. The normalized spacial score (nSPS) is 16.1. The summed E-state index contributed by atoms with van der Waals surface area (Å²) in [6.45, 7) is 5.96. The fourth-order valence-electron chi connectivity index (χ4n) is 2.02. The number of carboxylic acid groups (broad SMARTS) is 1. The van der Waals surface area contributed by atoms with Gasteiger partial charge in [-0.2, -0.15) is 0 Å². The van der Waals surface area contributed by atoms with Gasteiger partial charge in [0.1, 0.15) is 0 Å². The van der Waals surface area contributed by atoms with Crippen molar-refractivity contribution in [1.82, 2.24) is 10.6 Å². The molecule has 1 saturated carbocycles. The molecule has 1 fully saturated rings. The third kappa shape index (κ3) is 7.11. The maximum Gasteiger partial charge on any atom is 0.305 e. The average molecular weight is 298 g/mol. The van der Waals surface area contributed by atoms with Crippen LogP contribution >= 0.6 is 0 Å². The van der Waals surface area contributed by atoms with Crippen LogP contribution in [0.15, 0.2) is 0 Å². The minimum Gasteiger partial charge on any atom is -0.481 e. The van der Waals surface area contributed by atoms with Gasteiger partial charge < -0.3 is 15.7 Å². The van der Waals surface area contributed by atoms with E-state index in [1.54, 1.807) is 0 Å². The lowest BCUT2D eigenvalue weighted by Crippen LogP contribution is -2.39. The van der Waals surface area contributed by atoms with Crippen molar-refractivity contribution in [3.63, 3.8) is 0 Å². The molecule has 1 aliphatic rings. The number of hydrogen-bond donors (Lipinski definition) is 3. The third-order valence-corrected chi connectivity index (χ3v) is 3.48. The largest absolute Gasteiger partial charge is 0.481 e. The molecule has 1 aliphatic carbocycles. The van der Waals surface area contributed by atoms with E-state index in [1.807, 2.05) is 20.8 Å². The van der Waals surface area contributed by atoms with E-state index in [0.717, 1.165) is 12.8 Å². The zero-order valence-electron chi connectivity index (χ0n) is 13.1. The summed E-state index contributed by atoms with van der Waals surface area (Å²) in [6, 6.07) is -0.251. The summed E-state index contributed by atoms with van der Waals surface area (Å²) in [6.07, 6.45) is 2.81. The molecule has 0 aromatic rings. The van der Waals surface area contributed by atoms with E-state index >= 15 is 0 Å². The van der Waals surface area contributed by atoms with Crippen LogP contribution < -0.4 is 10.6 Å². The minimum absolute atomic E-state index is 0.0167. The Labute approximate surface area is 125 Å².